The average Bonchev–Trinajstić information content (AvgIpc) is 2.80. The molecular formula is C13H18Cl2N2. The molecule has 17 heavy (non-hydrogen) atoms. The maximum atomic E-state index is 6.23. The first-order valence-corrected chi connectivity index (χ1v) is 6.84. The maximum Gasteiger partial charge on any atom is 0.0456 e. The van der Waals surface area contributed by atoms with Gasteiger partial charge in [-0.15, -0.1) is 0 Å². The molecule has 0 radical (unpaired) electrons. The molecule has 1 heterocycles. The van der Waals surface area contributed by atoms with Gasteiger partial charge in [0, 0.05) is 29.1 Å². The lowest BCUT2D eigenvalue weighted by Gasteiger charge is -2.24. The molecule has 0 spiro atoms. The average molecular weight is 273 g/mol. The Labute approximate surface area is 113 Å². The van der Waals surface area contributed by atoms with Crippen molar-refractivity contribution in [1.82, 2.24) is 4.90 Å². The monoisotopic (exact) mass is 272 g/mol. The van der Waals surface area contributed by atoms with Crippen molar-refractivity contribution in [3.05, 3.63) is 33.8 Å². The molecule has 1 fully saturated rings. The summed E-state index contributed by atoms with van der Waals surface area (Å²) in [5, 5.41) is 1.46. The lowest BCUT2D eigenvalue weighted by molar-refractivity contribution is 0.315. The first-order chi connectivity index (χ1) is 8.22. The van der Waals surface area contributed by atoms with Crippen LogP contribution in [0.2, 0.25) is 10.0 Å². The summed E-state index contributed by atoms with van der Waals surface area (Å²) in [6.45, 7) is 3.87. The lowest BCUT2D eigenvalue weighted by atomic mass is 9.98. The minimum atomic E-state index is 0.231. The number of halogens is 2. The topological polar surface area (TPSA) is 29.3 Å². The van der Waals surface area contributed by atoms with E-state index in [-0.39, 0.29) is 5.92 Å². The Morgan fingerprint density at radius 3 is 2.29 bits per heavy atom. The molecule has 2 nitrogen and oxygen atoms in total. The predicted molar refractivity (Wildman–Crippen MR) is 73.9 cm³/mol. The van der Waals surface area contributed by atoms with Gasteiger partial charge in [-0.1, -0.05) is 29.3 Å². The first kappa shape index (κ1) is 13.2. The maximum absolute atomic E-state index is 6.23. The Morgan fingerprint density at radius 1 is 1.18 bits per heavy atom. The van der Waals surface area contributed by atoms with Crippen molar-refractivity contribution in [1.29, 1.82) is 0 Å². The Bertz CT molecular complexity index is 355. The predicted octanol–water partition coefficient (Wildman–Crippen LogP) is 3.13. The van der Waals surface area contributed by atoms with E-state index in [1.165, 1.54) is 25.9 Å². The molecule has 94 valence electrons. The van der Waals surface area contributed by atoms with Gasteiger partial charge in [0.25, 0.3) is 0 Å². The smallest absolute Gasteiger partial charge is 0.0456 e. The molecule has 4 heteroatoms. The van der Waals surface area contributed by atoms with Crippen molar-refractivity contribution in [2.75, 3.05) is 26.2 Å². The van der Waals surface area contributed by atoms with E-state index in [0.717, 1.165) is 22.2 Å². The number of likely N-dealkylation sites (tertiary alicyclic amines) is 1. The van der Waals surface area contributed by atoms with Gasteiger partial charge in [-0.25, -0.2) is 0 Å². The molecule has 0 aromatic heterocycles. The van der Waals surface area contributed by atoms with Crippen LogP contribution in [-0.4, -0.2) is 31.1 Å². The van der Waals surface area contributed by atoms with Gasteiger partial charge in [-0.05, 0) is 43.6 Å². The van der Waals surface area contributed by atoms with Crippen LogP contribution in [0, 0.1) is 0 Å². The van der Waals surface area contributed by atoms with Gasteiger partial charge in [-0.2, -0.15) is 0 Å². The van der Waals surface area contributed by atoms with E-state index in [2.05, 4.69) is 4.90 Å². The van der Waals surface area contributed by atoms with Gasteiger partial charge in [0.1, 0.15) is 0 Å². The van der Waals surface area contributed by atoms with Crippen LogP contribution in [0.15, 0.2) is 18.2 Å². The highest BCUT2D eigenvalue weighted by molar-refractivity contribution is 6.36. The van der Waals surface area contributed by atoms with Crippen molar-refractivity contribution in [3.63, 3.8) is 0 Å². The van der Waals surface area contributed by atoms with Crippen molar-refractivity contribution >= 4 is 23.2 Å². The minimum Gasteiger partial charge on any atom is -0.330 e. The third-order valence-electron chi connectivity index (χ3n) is 3.37. The zero-order valence-corrected chi connectivity index (χ0v) is 11.3. The molecule has 2 N–H and O–H groups in total. The summed E-state index contributed by atoms with van der Waals surface area (Å²) in [6.07, 6.45) is 2.57. The Morgan fingerprint density at radius 2 is 1.76 bits per heavy atom. The normalized spacial score (nSPS) is 18.5. The Balaban J connectivity index is 2.16. The number of nitrogens with two attached hydrogens (primary N) is 1. The molecule has 0 saturated carbocycles. The second-order valence-corrected chi connectivity index (χ2v) is 5.39. The molecule has 2 rings (SSSR count). The van der Waals surface area contributed by atoms with E-state index in [1.54, 1.807) is 0 Å². The van der Waals surface area contributed by atoms with Crippen LogP contribution in [0.25, 0.3) is 0 Å². The highest BCUT2D eigenvalue weighted by Crippen LogP contribution is 2.32. The molecule has 0 bridgehead atoms. The van der Waals surface area contributed by atoms with Crippen LogP contribution >= 0.6 is 23.2 Å². The standard InChI is InChI=1S/C13H18Cl2N2/c14-11-4-3-5-12(15)13(11)10(8-16)9-17-6-1-2-7-17/h3-5,10H,1-2,6-9,16H2. The molecule has 1 atom stereocenters. The van der Waals surface area contributed by atoms with E-state index in [0.29, 0.717) is 6.54 Å². The van der Waals surface area contributed by atoms with Crippen molar-refractivity contribution in [3.8, 4) is 0 Å². The third kappa shape index (κ3) is 3.14. The van der Waals surface area contributed by atoms with E-state index in [1.807, 2.05) is 18.2 Å². The number of hydrogen-bond donors (Lipinski definition) is 1. The number of benzene rings is 1. The molecule has 1 saturated heterocycles. The zero-order chi connectivity index (χ0) is 12.3. The van der Waals surface area contributed by atoms with E-state index < -0.39 is 0 Å². The number of hydrogen-bond acceptors (Lipinski definition) is 2. The highest BCUT2D eigenvalue weighted by atomic mass is 35.5. The summed E-state index contributed by atoms with van der Waals surface area (Å²) in [6, 6.07) is 5.64. The summed E-state index contributed by atoms with van der Waals surface area (Å²) < 4.78 is 0. The fourth-order valence-corrected chi connectivity index (χ4v) is 3.17. The third-order valence-corrected chi connectivity index (χ3v) is 4.03. The summed E-state index contributed by atoms with van der Waals surface area (Å²) >= 11 is 12.5. The van der Waals surface area contributed by atoms with Crippen LogP contribution in [-0.2, 0) is 0 Å². The highest BCUT2D eigenvalue weighted by Gasteiger charge is 2.21. The molecule has 1 unspecified atom stereocenters. The summed E-state index contributed by atoms with van der Waals surface area (Å²) in [5.41, 5.74) is 6.88. The van der Waals surface area contributed by atoms with Crippen molar-refractivity contribution < 1.29 is 0 Å². The van der Waals surface area contributed by atoms with Crippen LogP contribution in [0.5, 0.6) is 0 Å². The molecule has 1 aromatic rings. The molecule has 1 aliphatic heterocycles. The molecule has 0 aliphatic carbocycles. The molecule has 1 aromatic carbocycles. The van der Waals surface area contributed by atoms with Crippen LogP contribution in [0.3, 0.4) is 0 Å². The Hall–Kier alpha value is -0.280. The van der Waals surface area contributed by atoms with E-state index in [9.17, 15) is 0 Å². The fraction of sp³-hybridized carbons (Fsp3) is 0.538. The van der Waals surface area contributed by atoms with Crippen LogP contribution in [0.1, 0.15) is 24.3 Å². The largest absolute Gasteiger partial charge is 0.330 e. The van der Waals surface area contributed by atoms with E-state index >= 15 is 0 Å². The molecule has 1 aliphatic rings. The molecule has 0 amide bonds. The van der Waals surface area contributed by atoms with Gasteiger partial charge in [0.05, 0.1) is 0 Å². The van der Waals surface area contributed by atoms with E-state index in [4.69, 9.17) is 28.9 Å². The number of rotatable bonds is 4. The number of nitrogens with zero attached hydrogens (tertiary/aromatic N) is 1. The van der Waals surface area contributed by atoms with Gasteiger partial charge in [0.15, 0.2) is 0 Å². The van der Waals surface area contributed by atoms with Gasteiger partial charge in [0.2, 0.25) is 0 Å². The van der Waals surface area contributed by atoms with Crippen LogP contribution < -0.4 is 5.73 Å². The van der Waals surface area contributed by atoms with Gasteiger partial charge < -0.3 is 10.6 Å². The van der Waals surface area contributed by atoms with Gasteiger partial charge >= 0.3 is 0 Å². The zero-order valence-electron chi connectivity index (χ0n) is 9.83. The lowest BCUT2D eigenvalue weighted by Crippen LogP contribution is -2.29. The molecular weight excluding hydrogens is 255 g/mol. The Kier molecular flexibility index (Phi) is 4.69. The summed E-state index contributed by atoms with van der Waals surface area (Å²) in [5.74, 6) is 0.231. The SMILES string of the molecule is NCC(CN1CCCC1)c1c(Cl)cccc1Cl. The summed E-state index contributed by atoms with van der Waals surface area (Å²) in [4.78, 5) is 2.44. The second kappa shape index (κ2) is 6.05. The van der Waals surface area contributed by atoms with Gasteiger partial charge in [-0.3, -0.25) is 0 Å². The van der Waals surface area contributed by atoms with Crippen LogP contribution in [0.4, 0.5) is 0 Å². The quantitative estimate of drug-likeness (QED) is 0.913. The minimum absolute atomic E-state index is 0.231. The second-order valence-electron chi connectivity index (χ2n) is 4.58. The first-order valence-electron chi connectivity index (χ1n) is 6.08. The van der Waals surface area contributed by atoms with Crippen molar-refractivity contribution in [2.24, 2.45) is 5.73 Å². The summed E-state index contributed by atoms with van der Waals surface area (Å²) in [7, 11) is 0. The fourth-order valence-electron chi connectivity index (χ4n) is 2.46. The van der Waals surface area contributed by atoms with Crippen molar-refractivity contribution in [2.45, 2.75) is 18.8 Å².